The molecule has 0 atom stereocenters. The van der Waals surface area contributed by atoms with Crippen LogP contribution in [0, 0.1) is 6.92 Å². The van der Waals surface area contributed by atoms with Crippen LogP contribution in [0.25, 0.3) is 4.96 Å². The molecule has 2 aromatic heterocycles. The third-order valence-corrected chi connectivity index (χ3v) is 3.37. The highest BCUT2D eigenvalue weighted by atomic mass is 32.1. The monoisotopic (exact) mass is 260 g/mol. The Morgan fingerprint density at radius 3 is 2.83 bits per heavy atom. The molecule has 5 nitrogen and oxygen atoms in total. The minimum absolute atomic E-state index is 0.344. The Kier molecular flexibility index (Phi) is 2.64. The highest BCUT2D eigenvalue weighted by molar-refractivity contribution is 7.15. The molecular weight excluding hydrogens is 248 g/mol. The van der Waals surface area contributed by atoms with Gasteiger partial charge in [0.2, 0.25) is 4.96 Å². The predicted octanol–water partition coefficient (Wildman–Crippen LogP) is 2.26. The van der Waals surface area contributed by atoms with E-state index in [1.807, 2.05) is 36.6 Å². The van der Waals surface area contributed by atoms with Crippen molar-refractivity contribution in [3.8, 4) is 5.75 Å². The number of anilines is 1. The summed E-state index contributed by atoms with van der Waals surface area (Å²) >= 11 is 1.47. The zero-order chi connectivity index (χ0) is 12.5. The average Bonchev–Trinajstić information content (AvgIpc) is 2.91. The van der Waals surface area contributed by atoms with E-state index in [4.69, 9.17) is 10.5 Å². The van der Waals surface area contributed by atoms with Crippen LogP contribution in [-0.4, -0.2) is 14.6 Å². The molecule has 0 aliphatic rings. The fourth-order valence-electron chi connectivity index (χ4n) is 1.59. The molecule has 0 amide bonds. The number of nitrogen functional groups attached to an aromatic ring is 1. The summed E-state index contributed by atoms with van der Waals surface area (Å²) in [6.45, 7) is 2.38. The van der Waals surface area contributed by atoms with Gasteiger partial charge >= 0.3 is 0 Å². The molecule has 1 aromatic carbocycles. The van der Waals surface area contributed by atoms with E-state index < -0.39 is 0 Å². The summed E-state index contributed by atoms with van der Waals surface area (Å²) in [5.41, 5.74) is 6.95. The molecule has 0 spiro atoms. The number of ether oxygens (including phenoxy) is 1. The standard InChI is InChI=1S/C12H12N4OS/c1-8-2-4-9(5-3-8)17-6-11-14-12-16(15-11)10(13)7-18-12/h2-5,7H,6,13H2,1H3. The maximum Gasteiger partial charge on any atom is 0.214 e. The highest BCUT2D eigenvalue weighted by Crippen LogP contribution is 2.17. The lowest BCUT2D eigenvalue weighted by Gasteiger charge is -2.03. The van der Waals surface area contributed by atoms with Crippen LogP contribution < -0.4 is 10.5 Å². The van der Waals surface area contributed by atoms with Gasteiger partial charge in [-0.3, -0.25) is 0 Å². The second kappa shape index (κ2) is 4.30. The molecule has 0 unspecified atom stereocenters. The molecule has 0 saturated heterocycles. The summed E-state index contributed by atoms with van der Waals surface area (Å²) in [7, 11) is 0. The van der Waals surface area contributed by atoms with Crippen molar-refractivity contribution in [3.63, 3.8) is 0 Å². The van der Waals surface area contributed by atoms with Crippen molar-refractivity contribution >= 4 is 22.1 Å². The van der Waals surface area contributed by atoms with E-state index in [0.29, 0.717) is 18.2 Å². The highest BCUT2D eigenvalue weighted by Gasteiger charge is 2.08. The van der Waals surface area contributed by atoms with Crippen LogP contribution in [0.3, 0.4) is 0 Å². The molecule has 92 valence electrons. The molecule has 0 bridgehead atoms. The van der Waals surface area contributed by atoms with Gasteiger partial charge in [-0.1, -0.05) is 17.7 Å². The first kappa shape index (κ1) is 11.0. The number of aryl methyl sites for hydroxylation is 1. The molecular formula is C12H12N4OS. The van der Waals surface area contributed by atoms with Crippen LogP contribution in [0.2, 0.25) is 0 Å². The lowest BCUT2D eigenvalue weighted by Crippen LogP contribution is -1.99. The largest absolute Gasteiger partial charge is 0.486 e. The molecule has 0 aliphatic heterocycles. The Bertz CT molecular complexity index is 671. The fraction of sp³-hybridized carbons (Fsp3) is 0.167. The molecule has 0 fully saturated rings. The summed E-state index contributed by atoms with van der Waals surface area (Å²) in [6, 6.07) is 7.88. The van der Waals surface area contributed by atoms with E-state index in [1.165, 1.54) is 16.9 Å². The van der Waals surface area contributed by atoms with Crippen LogP contribution in [0.4, 0.5) is 5.82 Å². The van der Waals surface area contributed by atoms with Gasteiger partial charge in [-0.25, -0.2) is 0 Å². The third kappa shape index (κ3) is 2.02. The van der Waals surface area contributed by atoms with Crippen molar-refractivity contribution in [1.82, 2.24) is 14.6 Å². The average molecular weight is 260 g/mol. The van der Waals surface area contributed by atoms with Crippen molar-refractivity contribution in [2.45, 2.75) is 13.5 Å². The first-order valence-corrected chi connectivity index (χ1v) is 6.38. The van der Waals surface area contributed by atoms with Gasteiger partial charge in [0, 0.05) is 5.38 Å². The third-order valence-electron chi connectivity index (χ3n) is 2.54. The molecule has 0 aliphatic carbocycles. The number of thiazole rings is 1. The van der Waals surface area contributed by atoms with Gasteiger partial charge in [-0.05, 0) is 19.1 Å². The van der Waals surface area contributed by atoms with Crippen LogP contribution in [0.15, 0.2) is 29.6 Å². The summed E-state index contributed by atoms with van der Waals surface area (Å²) in [5.74, 6) is 2.05. The Morgan fingerprint density at radius 1 is 1.33 bits per heavy atom. The minimum atomic E-state index is 0.344. The van der Waals surface area contributed by atoms with Gasteiger partial charge in [0.05, 0.1) is 0 Å². The maximum atomic E-state index is 5.74. The normalized spacial score (nSPS) is 10.9. The lowest BCUT2D eigenvalue weighted by molar-refractivity contribution is 0.296. The van der Waals surface area contributed by atoms with Gasteiger partial charge in [0.1, 0.15) is 18.2 Å². The smallest absolute Gasteiger partial charge is 0.214 e. The van der Waals surface area contributed by atoms with E-state index in [0.717, 1.165) is 10.7 Å². The summed E-state index contributed by atoms with van der Waals surface area (Å²) in [5, 5.41) is 6.09. The number of nitrogens with two attached hydrogens (primary N) is 1. The lowest BCUT2D eigenvalue weighted by atomic mass is 10.2. The van der Waals surface area contributed by atoms with Crippen LogP contribution in [0.1, 0.15) is 11.4 Å². The molecule has 6 heteroatoms. The first-order valence-electron chi connectivity index (χ1n) is 5.50. The van der Waals surface area contributed by atoms with Gasteiger partial charge < -0.3 is 10.5 Å². The van der Waals surface area contributed by atoms with Gasteiger partial charge in [0.25, 0.3) is 0 Å². The second-order valence-corrected chi connectivity index (χ2v) is 4.82. The summed E-state index contributed by atoms with van der Waals surface area (Å²) < 4.78 is 7.23. The predicted molar refractivity (Wildman–Crippen MR) is 70.8 cm³/mol. The Labute approximate surface area is 108 Å². The van der Waals surface area contributed by atoms with Crippen LogP contribution in [0.5, 0.6) is 5.75 Å². The van der Waals surface area contributed by atoms with Crippen molar-refractivity contribution in [2.75, 3.05) is 5.73 Å². The molecule has 3 aromatic rings. The van der Waals surface area contributed by atoms with Gasteiger partial charge in [0.15, 0.2) is 5.82 Å². The van der Waals surface area contributed by atoms with Crippen molar-refractivity contribution in [2.24, 2.45) is 0 Å². The Hall–Kier alpha value is -2.08. The quantitative estimate of drug-likeness (QED) is 0.784. The van der Waals surface area contributed by atoms with E-state index in [-0.39, 0.29) is 0 Å². The number of nitrogens with zero attached hydrogens (tertiary/aromatic N) is 3. The topological polar surface area (TPSA) is 65.4 Å². The van der Waals surface area contributed by atoms with E-state index >= 15 is 0 Å². The van der Waals surface area contributed by atoms with Crippen LogP contribution in [-0.2, 0) is 6.61 Å². The molecule has 0 radical (unpaired) electrons. The van der Waals surface area contributed by atoms with E-state index in [2.05, 4.69) is 10.1 Å². The molecule has 0 saturated carbocycles. The zero-order valence-electron chi connectivity index (χ0n) is 9.83. The van der Waals surface area contributed by atoms with Gasteiger partial charge in [-0.15, -0.1) is 16.4 Å². The maximum absolute atomic E-state index is 5.74. The number of rotatable bonds is 3. The second-order valence-electron chi connectivity index (χ2n) is 3.98. The number of hydrogen-bond donors (Lipinski definition) is 1. The summed E-state index contributed by atoms with van der Waals surface area (Å²) in [4.78, 5) is 5.12. The molecule has 2 heterocycles. The van der Waals surface area contributed by atoms with E-state index in [1.54, 1.807) is 4.52 Å². The molecule has 2 N–H and O–H groups in total. The van der Waals surface area contributed by atoms with Gasteiger partial charge in [-0.2, -0.15) is 9.50 Å². The van der Waals surface area contributed by atoms with Crippen molar-refractivity contribution in [3.05, 3.63) is 41.0 Å². The number of benzene rings is 1. The summed E-state index contributed by atoms with van der Waals surface area (Å²) in [6.07, 6.45) is 0. The van der Waals surface area contributed by atoms with E-state index in [9.17, 15) is 0 Å². The Morgan fingerprint density at radius 2 is 2.11 bits per heavy atom. The number of aromatic nitrogens is 3. The SMILES string of the molecule is Cc1ccc(OCc2nc3scc(N)n3n2)cc1. The van der Waals surface area contributed by atoms with Crippen molar-refractivity contribution in [1.29, 1.82) is 0 Å². The minimum Gasteiger partial charge on any atom is -0.486 e. The van der Waals surface area contributed by atoms with Crippen LogP contribution >= 0.6 is 11.3 Å². The number of hydrogen-bond acceptors (Lipinski definition) is 5. The molecule has 3 rings (SSSR count). The van der Waals surface area contributed by atoms with Crippen molar-refractivity contribution < 1.29 is 4.74 Å². The zero-order valence-corrected chi connectivity index (χ0v) is 10.6. The first-order chi connectivity index (χ1) is 8.72. The number of fused-ring (bicyclic) bond motifs is 1. The Balaban J connectivity index is 1.74. The fourth-order valence-corrected chi connectivity index (χ4v) is 2.32. The molecule has 18 heavy (non-hydrogen) atoms.